The smallest absolute Gasteiger partial charge is 0.246 e. The van der Waals surface area contributed by atoms with Gasteiger partial charge in [0.05, 0.1) is 0 Å². The van der Waals surface area contributed by atoms with Crippen LogP contribution in [0.3, 0.4) is 0 Å². The first kappa shape index (κ1) is 15.3. The highest BCUT2D eigenvalue weighted by atomic mass is 16.2. The molecule has 2 atom stereocenters. The lowest BCUT2D eigenvalue weighted by Crippen LogP contribution is -2.70. The van der Waals surface area contributed by atoms with Gasteiger partial charge in [-0.3, -0.25) is 9.59 Å². The van der Waals surface area contributed by atoms with Gasteiger partial charge in [0.25, 0.3) is 0 Å². The summed E-state index contributed by atoms with van der Waals surface area (Å²) in [5.74, 6) is 0.0744. The lowest BCUT2D eigenvalue weighted by molar-refractivity contribution is -0.160. The quantitative estimate of drug-likeness (QED) is 0.802. The molecule has 1 saturated heterocycles. The molecule has 2 fully saturated rings. The third-order valence-electron chi connectivity index (χ3n) is 4.92. The molecule has 114 valence electrons. The average molecular weight is 280 g/mol. The molecule has 1 N–H and O–H groups in total. The lowest BCUT2D eigenvalue weighted by Gasteiger charge is -2.52. The Labute approximate surface area is 122 Å². The number of piperazine rings is 1. The SMILES string of the molecule is CC1C(=O)NC(C(C)(C)C)C(=O)N1C1(C)CCCCC1. The van der Waals surface area contributed by atoms with E-state index in [4.69, 9.17) is 0 Å². The number of rotatable bonds is 1. The van der Waals surface area contributed by atoms with Crippen molar-refractivity contribution in [1.29, 1.82) is 0 Å². The van der Waals surface area contributed by atoms with Crippen LogP contribution >= 0.6 is 0 Å². The van der Waals surface area contributed by atoms with Crippen molar-refractivity contribution in [3.8, 4) is 0 Å². The summed E-state index contributed by atoms with van der Waals surface area (Å²) < 4.78 is 0. The van der Waals surface area contributed by atoms with Gasteiger partial charge in [-0.05, 0) is 32.1 Å². The summed E-state index contributed by atoms with van der Waals surface area (Å²) in [6.45, 7) is 10.0. The van der Waals surface area contributed by atoms with Gasteiger partial charge in [0, 0.05) is 5.54 Å². The Kier molecular flexibility index (Phi) is 3.87. The molecule has 2 amide bonds. The molecule has 1 aliphatic carbocycles. The second kappa shape index (κ2) is 5.05. The zero-order valence-corrected chi connectivity index (χ0v) is 13.5. The zero-order chi connectivity index (χ0) is 15.1. The number of carbonyl (C=O) groups is 2. The van der Waals surface area contributed by atoms with E-state index in [2.05, 4.69) is 12.2 Å². The number of nitrogens with one attached hydrogen (secondary N) is 1. The third-order valence-corrected chi connectivity index (χ3v) is 4.92. The monoisotopic (exact) mass is 280 g/mol. The van der Waals surface area contributed by atoms with E-state index in [-0.39, 0.29) is 28.8 Å². The minimum atomic E-state index is -0.412. The molecule has 0 aromatic carbocycles. The van der Waals surface area contributed by atoms with Crippen molar-refractivity contribution in [1.82, 2.24) is 10.2 Å². The van der Waals surface area contributed by atoms with Crippen LogP contribution in [0.15, 0.2) is 0 Å². The Morgan fingerprint density at radius 2 is 1.70 bits per heavy atom. The minimum Gasteiger partial charge on any atom is -0.342 e. The molecule has 2 unspecified atom stereocenters. The van der Waals surface area contributed by atoms with Crippen molar-refractivity contribution in [2.75, 3.05) is 0 Å². The number of carbonyl (C=O) groups excluding carboxylic acids is 2. The Hall–Kier alpha value is -1.06. The maximum Gasteiger partial charge on any atom is 0.246 e. The second-order valence-electron chi connectivity index (χ2n) is 7.75. The number of hydrogen-bond acceptors (Lipinski definition) is 2. The molecule has 2 aliphatic rings. The first-order valence-electron chi connectivity index (χ1n) is 7.80. The van der Waals surface area contributed by atoms with Crippen molar-refractivity contribution < 1.29 is 9.59 Å². The zero-order valence-electron chi connectivity index (χ0n) is 13.5. The summed E-state index contributed by atoms with van der Waals surface area (Å²) in [7, 11) is 0. The molecule has 1 aliphatic heterocycles. The van der Waals surface area contributed by atoms with Crippen molar-refractivity contribution >= 4 is 11.8 Å². The van der Waals surface area contributed by atoms with E-state index in [1.807, 2.05) is 32.6 Å². The molecule has 0 spiro atoms. The Bertz CT molecular complexity index is 405. The molecule has 20 heavy (non-hydrogen) atoms. The van der Waals surface area contributed by atoms with Crippen LogP contribution in [0.4, 0.5) is 0 Å². The van der Waals surface area contributed by atoms with Crippen molar-refractivity contribution in [2.45, 2.75) is 84.3 Å². The van der Waals surface area contributed by atoms with E-state index in [9.17, 15) is 9.59 Å². The second-order valence-corrected chi connectivity index (χ2v) is 7.75. The van der Waals surface area contributed by atoms with Gasteiger partial charge in [-0.1, -0.05) is 40.0 Å². The third kappa shape index (κ3) is 2.57. The fourth-order valence-corrected chi connectivity index (χ4v) is 3.65. The molecular weight excluding hydrogens is 252 g/mol. The Morgan fingerprint density at radius 1 is 1.15 bits per heavy atom. The topological polar surface area (TPSA) is 49.4 Å². The van der Waals surface area contributed by atoms with Crippen LogP contribution in [-0.4, -0.2) is 34.3 Å². The largest absolute Gasteiger partial charge is 0.342 e. The van der Waals surface area contributed by atoms with Crippen LogP contribution in [-0.2, 0) is 9.59 Å². The molecule has 4 heteroatoms. The Morgan fingerprint density at radius 3 is 2.20 bits per heavy atom. The van der Waals surface area contributed by atoms with E-state index in [1.54, 1.807) is 0 Å². The molecular formula is C16H28N2O2. The standard InChI is InChI=1S/C16H28N2O2/c1-11-13(19)17-12(15(2,3)4)14(20)18(11)16(5)9-7-6-8-10-16/h11-12H,6-10H2,1-5H3,(H,17,19). The number of nitrogens with zero attached hydrogens (tertiary/aromatic N) is 1. The molecule has 0 aromatic rings. The first-order valence-corrected chi connectivity index (χ1v) is 7.80. The maximum atomic E-state index is 12.9. The highest BCUT2D eigenvalue weighted by Crippen LogP contribution is 2.38. The maximum absolute atomic E-state index is 12.9. The van der Waals surface area contributed by atoms with Crippen LogP contribution in [0, 0.1) is 5.41 Å². The molecule has 0 aromatic heterocycles. The molecule has 2 rings (SSSR count). The van der Waals surface area contributed by atoms with E-state index in [0.717, 1.165) is 25.7 Å². The van der Waals surface area contributed by atoms with E-state index in [0.29, 0.717) is 0 Å². The summed E-state index contributed by atoms with van der Waals surface area (Å²) >= 11 is 0. The van der Waals surface area contributed by atoms with Gasteiger partial charge in [0.2, 0.25) is 11.8 Å². The average Bonchev–Trinajstić information content (AvgIpc) is 2.33. The molecule has 0 radical (unpaired) electrons. The van der Waals surface area contributed by atoms with Crippen LogP contribution < -0.4 is 5.32 Å². The van der Waals surface area contributed by atoms with Crippen LogP contribution in [0.5, 0.6) is 0 Å². The predicted molar refractivity (Wildman–Crippen MR) is 79.2 cm³/mol. The van der Waals surface area contributed by atoms with Crippen LogP contribution in [0.25, 0.3) is 0 Å². The summed E-state index contributed by atoms with van der Waals surface area (Å²) in [6.07, 6.45) is 5.55. The summed E-state index contributed by atoms with van der Waals surface area (Å²) in [6, 6.07) is -0.769. The summed E-state index contributed by atoms with van der Waals surface area (Å²) in [4.78, 5) is 27.1. The van der Waals surface area contributed by atoms with Gasteiger partial charge < -0.3 is 10.2 Å². The Balaban J connectivity index is 2.33. The van der Waals surface area contributed by atoms with Crippen molar-refractivity contribution in [3.63, 3.8) is 0 Å². The molecule has 0 bridgehead atoms. The normalized spacial score (nSPS) is 31.1. The minimum absolute atomic E-state index is 0.0173. The van der Waals surface area contributed by atoms with Crippen molar-refractivity contribution in [3.05, 3.63) is 0 Å². The van der Waals surface area contributed by atoms with Crippen LogP contribution in [0.1, 0.15) is 66.7 Å². The predicted octanol–water partition coefficient (Wildman–Crippen LogP) is 2.47. The van der Waals surface area contributed by atoms with Gasteiger partial charge in [-0.25, -0.2) is 0 Å². The van der Waals surface area contributed by atoms with Gasteiger partial charge in [0.1, 0.15) is 12.1 Å². The van der Waals surface area contributed by atoms with E-state index < -0.39 is 6.04 Å². The molecule has 1 heterocycles. The van der Waals surface area contributed by atoms with Gasteiger partial charge >= 0.3 is 0 Å². The fourth-order valence-electron chi connectivity index (χ4n) is 3.65. The lowest BCUT2D eigenvalue weighted by atomic mass is 9.77. The van der Waals surface area contributed by atoms with E-state index in [1.165, 1.54) is 6.42 Å². The van der Waals surface area contributed by atoms with Gasteiger partial charge in [-0.2, -0.15) is 0 Å². The fraction of sp³-hybridized carbons (Fsp3) is 0.875. The molecule has 4 nitrogen and oxygen atoms in total. The number of hydrogen-bond donors (Lipinski definition) is 1. The van der Waals surface area contributed by atoms with Crippen molar-refractivity contribution in [2.24, 2.45) is 5.41 Å². The first-order chi connectivity index (χ1) is 9.17. The highest BCUT2D eigenvalue weighted by molar-refractivity contribution is 5.97. The highest BCUT2D eigenvalue weighted by Gasteiger charge is 2.49. The van der Waals surface area contributed by atoms with Gasteiger partial charge in [0.15, 0.2) is 0 Å². The molecule has 1 saturated carbocycles. The summed E-state index contributed by atoms with van der Waals surface area (Å²) in [5, 5.41) is 2.91. The van der Waals surface area contributed by atoms with E-state index >= 15 is 0 Å². The summed E-state index contributed by atoms with van der Waals surface area (Å²) in [5.41, 5.74) is -0.411. The number of amides is 2. The van der Waals surface area contributed by atoms with Gasteiger partial charge in [-0.15, -0.1) is 0 Å². The van der Waals surface area contributed by atoms with Crippen LogP contribution in [0.2, 0.25) is 0 Å².